The third kappa shape index (κ3) is 4.50. The van der Waals surface area contributed by atoms with E-state index in [1.165, 1.54) is 0 Å². The number of carbonyl (C=O) groups excluding carboxylic acids is 1. The molecular formula is C15H23N3O3S. The molecule has 0 radical (unpaired) electrons. The fraction of sp³-hybridized carbons (Fsp3) is 0.667. The number of amides is 1. The average molecular weight is 325 g/mol. The molecule has 22 heavy (non-hydrogen) atoms. The van der Waals surface area contributed by atoms with E-state index >= 15 is 0 Å². The van der Waals surface area contributed by atoms with Gasteiger partial charge < -0.3 is 9.64 Å². The molecule has 1 aliphatic rings. The van der Waals surface area contributed by atoms with Gasteiger partial charge in [0, 0.05) is 25.0 Å². The average Bonchev–Trinajstić information content (AvgIpc) is 2.45. The van der Waals surface area contributed by atoms with Gasteiger partial charge in [0.05, 0.1) is 16.0 Å². The van der Waals surface area contributed by atoms with Crippen LogP contribution in [0.15, 0.2) is 17.4 Å². The van der Waals surface area contributed by atoms with Crippen LogP contribution < -0.4 is 0 Å². The number of nitrogens with zero attached hydrogens (tertiary/aromatic N) is 3. The van der Waals surface area contributed by atoms with Crippen LogP contribution in [0.1, 0.15) is 39.3 Å². The molecule has 2 rings (SSSR count). The molecule has 0 bridgehead atoms. The summed E-state index contributed by atoms with van der Waals surface area (Å²) in [5, 5.41) is 0.194. The Hall–Kier alpha value is -1.50. The highest BCUT2D eigenvalue weighted by molar-refractivity contribution is 7.85. The Labute approximate surface area is 133 Å². The molecular weight excluding hydrogens is 302 g/mol. The molecule has 1 amide bonds. The maximum absolute atomic E-state index is 12.6. The van der Waals surface area contributed by atoms with Crippen LogP contribution in [0.2, 0.25) is 0 Å². The van der Waals surface area contributed by atoms with Gasteiger partial charge in [-0.2, -0.15) is 0 Å². The minimum Gasteiger partial charge on any atom is -0.444 e. The molecule has 6 nitrogen and oxygen atoms in total. The third-order valence-electron chi connectivity index (χ3n) is 3.29. The van der Waals surface area contributed by atoms with Crippen molar-refractivity contribution < 1.29 is 13.7 Å². The number of hydrogen-bond acceptors (Lipinski definition) is 5. The van der Waals surface area contributed by atoms with Crippen molar-refractivity contribution in [1.82, 2.24) is 14.9 Å². The molecule has 1 aromatic heterocycles. The molecule has 1 aromatic rings. The number of aromatic nitrogens is 2. The summed E-state index contributed by atoms with van der Waals surface area (Å²) in [4.78, 5) is 22.1. The quantitative estimate of drug-likeness (QED) is 0.780. The summed E-state index contributed by atoms with van der Waals surface area (Å²) in [6, 6.07) is 1.77. The second kappa shape index (κ2) is 6.73. The maximum atomic E-state index is 12.6. The van der Waals surface area contributed by atoms with Crippen LogP contribution in [-0.4, -0.2) is 49.1 Å². The van der Waals surface area contributed by atoms with Crippen molar-refractivity contribution >= 4 is 16.9 Å². The van der Waals surface area contributed by atoms with Crippen molar-refractivity contribution in [2.24, 2.45) is 0 Å². The largest absolute Gasteiger partial charge is 0.444 e. The molecule has 2 atom stereocenters. The molecule has 1 saturated heterocycles. The molecule has 2 unspecified atom stereocenters. The Morgan fingerprint density at radius 2 is 2.18 bits per heavy atom. The lowest BCUT2D eigenvalue weighted by Crippen LogP contribution is -2.46. The Morgan fingerprint density at radius 1 is 1.45 bits per heavy atom. The number of likely N-dealkylation sites (tertiary alicyclic amines) is 1. The zero-order valence-corrected chi connectivity index (χ0v) is 14.4. The highest BCUT2D eigenvalue weighted by Gasteiger charge is 2.31. The number of hydrogen-bond donors (Lipinski definition) is 0. The predicted molar refractivity (Wildman–Crippen MR) is 84.0 cm³/mol. The second-order valence-corrected chi connectivity index (χ2v) is 8.10. The molecule has 7 heteroatoms. The van der Waals surface area contributed by atoms with Crippen molar-refractivity contribution in [2.45, 2.75) is 56.5 Å². The van der Waals surface area contributed by atoms with Gasteiger partial charge in [0.15, 0.2) is 0 Å². The van der Waals surface area contributed by atoms with Gasteiger partial charge in [0.1, 0.15) is 5.60 Å². The Bertz CT molecular complexity index is 571. The summed E-state index contributed by atoms with van der Waals surface area (Å²) in [6.45, 7) is 8.41. The molecule has 0 saturated carbocycles. The highest BCUT2D eigenvalue weighted by atomic mass is 32.2. The van der Waals surface area contributed by atoms with Gasteiger partial charge in [0.2, 0.25) is 5.16 Å². The van der Waals surface area contributed by atoms with Crippen LogP contribution >= 0.6 is 0 Å². The van der Waals surface area contributed by atoms with Crippen molar-refractivity contribution in [3.63, 3.8) is 0 Å². The Balaban J connectivity index is 2.04. The van der Waals surface area contributed by atoms with Gasteiger partial charge >= 0.3 is 6.09 Å². The zero-order valence-electron chi connectivity index (χ0n) is 13.5. The van der Waals surface area contributed by atoms with Crippen molar-refractivity contribution in [3.05, 3.63) is 18.0 Å². The smallest absolute Gasteiger partial charge is 0.410 e. The zero-order chi connectivity index (χ0) is 16.3. The van der Waals surface area contributed by atoms with Crippen molar-refractivity contribution in [2.75, 3.05) is 13.1 Å². The Morgan fingerprint density at radius 3 is 2.82 bits per heavy atom. The van der Waals surface area contributed by atoms with Gasteiger partial charge in [-0.1, -0.05) is 0 Å². The van der Waals surface area contributed by atoms with Crippen molar-refractivity contribution in [1.29, 1.82) is 0 Å². The second-order valence-electron chi connectivity index (χ2n) is 6.47. The molecule has 0 aromatic carbocycles. The molecule has 0 aliphatic carbocycles. The fourth-order valence-corrected chi connectivity index (χ4v) is 3.67. The molecule has 122 valence electrons. The van der Waals surface area contributed by atoms with Gasteiger partial charge in [-0.3, -0.25) is 4.21 Å². The molecule has 0 N–H and O–H groups in total. The van der Waals surface area contributed by atoms with Gasteiger partial charge in [-0.25, -0.2) is 14.8 Å². The van der Waals surface area contributed by atoms with Gasteiger partial charge in [-0.05, 0) is 46.6 Å². The maximum Gasteiger partial charge on any atom is 0.410 e. The Kier molecular flexibility index (Phi) is 5.16. The van der Waals surface area contributed by atoms with Crippen LogP contribution in [0.4, 0.5) is 4.79 Å². The van der Waals surface area contributed by atoms with Gasteiger partial charge in [0.25, 0.3) is 0 Å². The lowest BCUT2D eigenvalue weighted by molar-refractivity contribution is 0.0219. The first-order valence-electron chi connectivity index (χ1n) is 7.44. The summed E-state index contributed by atoms with van der Waals surface area (Å²) in [5.74, 6) is 0. The predicted octanol–water partition coefficient (Wildman–Crippen LogP) is 2.29. The van der Waals surface area contributed by atoms with E-state index in [9.17, 15) is 9.00 Å². The number of aryl methyl sites for hydroxylation is 1. The monoisotopic (exact) mass is 325 g/mol. The number of carbonyl (C=O) groups is 1. The standard InChI is InChI=1S/C15H23N3O3S/c1-11-7-8-16-13(17-11)22(20)12-6-5-9-18(10-12)14(19)21-15(2,3)4/h7-8,12H,5-6,9-10H2,1-4H3. The number of ether oxygens (including phenoxy) is 1. The minimum absolute atomic E-state index is 0.150. The first kappa shape index (κ1) is 16.9. The third-order valence-corrected chi connectivity index (χ3v) is 4.83. The molecule has 0 spiro atoms. The van der Waals surface area contributed by atoms with E-state index in [4.69, 9.17) is 4.74 Å². The van der Waals surface area contributed by atoms with Crippen LogP contribution in [0.5, 0.6) is 0 Å². The summed E-state index contributed by atoms with van der Waals surface area (Å²) < 4.78 is 18.0. The first-order chi connectivity index (χ1) is 10.3. The number of piperidine rings is 1. The molecule has 2 heterocycles. The van der Waals surface area contributed by atoms with Gasteiger partial charge in [-0.15, -0.1) is 0 Å². The highest BCUT2D eigenvalue weighted by Crippen LogP contribution is 2.20. The van der Waals surface area contributed by atoms with Crippen LogP contribution in [-0.2, 0) is 15.5 Å². The summed E-state index contributed by atoms with van der Waals surface area (Å²) in [5.41, 5.74) is 0.265. The lowest BCUT2D eigenvalue weighted by atomic mass is 10.1. The van der Waals surface area contributed by atoms with E-state index in [1.807, 2.05) is 27.7 Å². The normalized spacial score (nSPS) is 20.5. The lowest BCUT2D eigenvalue weighted by Gasteiger charge is -2.33. The summed E-state index contributed by atoms with van der Waals surface area (Å²) in [6.07, 6.45) is 2.87. The first-order valence-corrected chi connectivity index (χ1v) is 8.66. The van der Waals surface area contributed by atoms with E-state index in [0.717, 1.165) is 18.5 Å². The van der Waals surface area contributed by atoms with E-state index in [-0.39, 0.29) is 11.3 Å². The van der Waals surface area contributed by atoms with E-state index < -0.39 is 16.4 Å². The summed E-state index contributed by atoms with van der Waals surface area (Å²) in [7, 11) is -1.31. The van der Waals surface area contributed by atoms with E-state index in [2.05, 4.69) is 9.97 Å². The minimum atomic E-state index is -1.31. The van der Waals surface area contributed by atoms with E-state index in [0.29, 0.717) is 18.2 Å². The molecule has 1 aliphatic heterocycles. The topological polar surface area (TPSA) is 72.4 Å². The van der Waals surface area contributed by atoms with E-state index in [1.54, 1.807) is 17.2 Å². The number of rotatable bonds is 2. The summed E-state index contributed by atoms with van der Waals surface area (Å²) >= 11 is 0. The SMILES string of the molecule is Cc1ccnc(S(=O)C2CCCN(C(=O)OC(C)(C)C)C2)n1. The van der Waals surface area contributed by atoms with Crippen LogP contribution in [0.3, 0.4) is 0 Å². The fourth-order valence-electron chi connectivity index (χ4n) is 2.28. The van der Waals surface area contributed by atoms with Crippen LogP contribution in [0, 0.1) is 6.92 Å². The molecule has 1 fully saturated rings. The van der Waals surface area contributed by atoms with Crippen LogP contribution in [0.25, 0.3) is 0 Å². The van der Waals surface area contributed by atoms with Crippen molar-refractivity contribution in [3.8, 4) is 0 Å².